The number of piperazine rings is 1. The van der Waals surface area contributed by atoms with Crippen molar-refractivity contribution in [1.29, 1.82) is 0 Å². The van der Waals surface area contributed by atoms with Crippen molar-refractivity contribution in [2.24, 2.45) is 0 Å². The Morgan fingerprint density at radius 1 is 1.07 bits per heavy atom. The number of hydrogen-bond acceptors (Lipinski definition) is 6. The molecule has 0 atom stereocenters. The summed E-state index contributed by atoms with van der Waals surface area (Å²) >= 11 is 0. The molecule has 1 aliphatic heterocycles. The van der Waals surface area contributed by atoms with Crippen LogP contribution in [0.2, 0.25) is 0 Å². The van der Waals surface area contributed by atoms with Crippen LogP contribution in [0.1, 0.15) is 6.42 Å². The standard InChI is InChI=1S/C16H23F2N3O5S2/c1-27(23,24)11-10-20-6-8-21(9-7-20)16(22)4-5-19-28(25,26)13-2-3-14(17)15(18)12-13/h2-3,12,19H,4-11H2,1H3. The Kier molecular flexibility index (Phi) is 7.48. The first-order valence-corrected chi connectivity index (χ1v) is 12.1. The fourth-order valence-electron chi connectivity index (χ4n) is 2.69. The highest BCUT2D eigenvalue weighted by Gasteiger charge is 2.22. The molecule has 1 aliphatic rings. The molecular formula is C16H23F2N3O5S2. The lowest BCUT2D eigenvalue weighted by Crippen LogP contribution is -2.50. The van der Waals surface area contributed by atoms with Gasteiger partial charge in [-0.3, -0.25) is 9.69 Å². The third-order valence-corrected chi connectivity index (χ3v) is 6.72. The van der Waals surface area contributed by atoms with E-state index in [1.165, 1.54) is 6.26 Å². The van der Waals surface area contributed by atoms with Crippen LogP contribution in [0.3, 0.4) is 0 Å². The van der Waals surface area contributed by atoms with Gasteiger partial charge >= 0.3 is 0 Å². The molecule has 1 fully saturated rings. The van der Waals surface area contributed by atoms with Crippen LogP contribution in [-0.4, -0.2) is 83.8 Å². The minimum atomic E-state index is -4.05. The van der Waals surface area contributed by atoms with Gasteiger partial charge in [-0.15, -0.1) is 0 Å². The summed E-state index contributed by atoms with van der Waals surface area (Å²) in [7, 11) is -7.09. The molecule has 1 amide bonds. The van der Waals surface area contributed by atoms with Crippen molar-refractivity contribution in [2.45, 2.75) is 11.3 Å². The van der Waals surface area contributed by atoms with E-state index in [9.17, 15) is 30.4 Å². The summed E-state index contributed by atoms with van der Waals surface area (Å²) in [5.41, 5.74) is 0. The zero-order valence-corrected chi connectivity index (χ0v) is 17.0. The van der Waals surface area contributed by atoms with Crippen molar-refractivity contribution < 1.29 is 30.4 Å². The van der Waals surface area contributed by atoms with Crippen LogP contribution >= 0.6 is 0 Å². The number of halogens is 2. The summed E-state index contributed by atoms with van der Waals surface area (Å²) < 4.78 is 74.8. The van der Waals surface area contributed by atoms with Crippen LogP contribution < -0.4 is 4.72 Å². The zero-order valence-electron chi connectivity index (χ0n) is 15.4. The molecule has 1 aromatic carbocycles. The van der Waals surface area contributed by atoms with Gasteiger partial charge in [0.2, 0.25) is 15.9 Å². The van der Waals surface area contributed by atoms with E-state index >= 15 is 0 Å². The Morgan fingerprint density at radius 2 is 1.71 bits per heavy atom. The highest BCUT2D eigenvalue weighted by Crippen LogP contribution is 2.13. The van der Waals surface area contributed by atoms with Gasteiger partial charge in [0.05, 0.1) is 10.6 Å². The molecule has 0 saturated carbocycles. The van der Waals surface area contributed by atoms with Crippen molar-refractivity contribution in [3.8, 4) is 0 Å². The predicted molar refractivity (Wildman–Crippen MR) is 98.9 cm³/mol. The van der Waals surface area contributed by atoms with Gasteiger partial charge in [-0.05, 0) is 18.2 Å². The van der Waals surface area contributed by atoms with Crippen LogP contribution in [0.4, 0.5) is 8.78 Å². The number of hydrogen-bond donors (Lipinski definition) is 1. The van der Waals surface area contributed by atoms with Gasteiger partial charge in [0.15, 0.2) is 11.6 Å². The van der Waals surface area contributed by atoms with E-state index in [1.807, 2.05) is 4.90 Å². The summed E-state index contributed by atoms with van der Waals surface area (Å²) in [5.74, 6) is -2.60. The van der Waals surface area contributed by atoms with Gasteiger partial charge in [-0.25, -0.2) is 30.3 Å². The normalized spacial score (nSPS) is 16.3. The molecule has 1 N–H and O–H groups in total. The second kappa shape index (κ2) is 9.25. The van der Waals surface area contributed by atoms with Crippen molar-refractivity contribution >= 4 is 25.8 Å². The smallest absolute Gasteiger partial charge is 0.240 e. The fraction of sp³-hybridized carbons (Fsp3) is 0.562. The molecular weight excluding hydrogens is 416 g/mol. The van der Waals surface area contributed by atoms with Gasteiger partial charge < -0.3 is 4.90 Å². The Balaban J connectivity index is 1.77. The number of carbonyl (C=O) groups excluding carboxylic acids is 1. The van der Waals surface area contributed by atoms with Crippen molar-refractivity contribution in [2.75, 3.05) is 51.3 Å². The summed E-state index contributed by atoms with van der Waals surface area (Å²) in [6.07, 6.45) is 1.10. The predicted octanol–water partition coefficient (Wildman–Crippen LogP) is -0.178. The quantitative estimate of drug-likeness (QED) is 0.603. The Morgan fingerprint density at radius 3 is 2.29 bits per heavy atom. The molecule has 0 aromatic heterocycles. The first-order valence-electron chi connectivity index (χ1n) is 8.60. The molecule has 1 heterocycles. The van der Waals surface area contributed by atoms with Crippen LogP contribution in [-0.2, 0) is 24.7 Å². The van der Waals surface area contributed by atoms with Gasteiger partial charge in [0.25, 0.3) is 0 Å². The minimum Gasteiger partial charge on any atom is -0.340 e. The van der Waals surface area contributed by atoms with E-state index in [0.29, 0.717) is 38.8 Å². The van der Waals surface area contributed by atoms with Crippen molar-refractivity contribution in [3.05, 3.63) is 29.8 Å². The highest BCUT2D eigenvalue weighted by atomic mass is 32.2. The van der Waals surface area contributed by atoms with E-state index in [4.69, 9.17) is 0 Å². The number of nitrogens with zero attached hydrogens (tertiary/aromatic N) is 2. The molecule has 158 valence electrons. The monoisotopic (exact) mass is 439 g/mol. The van der Waals surface area contributed by atoms with E-state index in [-0.39, 0.29) is 24.6 Å². The largest absolute Gasteiger partial charge is 0.340 e. The number of sulfonamides is 1. The number of rotatable bonds is 8. The molecule has 12 heteroatoms. The van der Waals surface area contributed by atoms with E-state index in [2.05, 4.69) is 4.72 Å². The third-order valence-electron chi connectivity index (χ3n) is 4.34. The molecule has 1 saturated heterocycles. The lowest BCUT2D eigenvalue weighted by molar-refractivity contribution is -0.132. The van der Waals surface area contributed by atoms with E-state index < -0.39 is 36.4 Å². The topological polar surface area (TPSA) is 104 Å². The summed E-state index contributed by atoms with van der Waals surface area (Å²) in [5, 5.41) is 0. The van der Waals surface area contributed by atoms with E-state index in [1.54, 1.807) is 4.90 Å². The van der Waals surface area contributed by atoms with Crippen LogP contribution in [0.5, 0.6) is 0 Å². The van der Waals surface area contributed by atoms with Crippen LogP contribution in [0.25, 0.3) is 0 Å². The molecule has 0 spiro atoms. The average molecular weight is 440 g/mol. The Labute approximate surface area is 163 Å². The maximum absolute atomic E-state index is 13.2. The van der Waals surface area contributed by atoms with Gasteiger partial charge in [-0.2, -0.15) is 0 Å². The molecule has 0 unspecified atom stereocenters. The van der Waals surface area contributed by atoms with Crippen LogP contribution in [0, 0.1) is 11.6 Å². The number of sulfone groups is 1. The number of benzene rings is 1. The lowest BCUT2D eigenvalue weighted by Gasteiger charge is -2.34. The number of nitrogens with one attached hydrogen (secondary N) is 1. The molecule has 28 heavy (non-hydrogen) atoms. The minimum absolute atomic E-state index is 0.0622. The maximum Gasteiger partial charge on any atom is 0.240 e. The average Bonchev–Trinajstić information content (AvgIpc) is 2.61. The van der Waals surface area contributed by atoms with Gasteiger partial charge in [0.1, 0.15) is 9.84 Å². The highest BCUT2D eigenvalue weighted by molar-refractivity contribution is 7.90. The second-order valence-electron chi connectivity index (χ2n) is 6.58. The molecule has 2 rings (SSSR count). The molecule has 0 bridgehead atoms. The van der Waals surface area contributed by atoms with E-state index in [0.717, 1.165) is 12.1 Å². The molecule has 1 aromatic rings. The number of amides is 1. The first-order chi connectivity index (χ1) is 13.0. The third kappa shape index (κ3) is 6.76. The van der Waals surface area contributed by atoms with Gasteiger partial charge in [-0.1, -0.05) is 0 Å². The lowest BCUT2D eigenvalue weighted by atomic mass is 10.3. The number of carbonyl (C=O) groups is 1. The SMILES string of the molecule is CS(=O)(=O)CCN1CCN(C(=O)CCNS(=O)(=O)c2ccc(F)c(F)c2)CC1. The summed E-state index contributed by atoms with van der Waals surface area (Å²) in [4.78, 5) is 15.3. The van der Waals surface area contributed by atoms with Crippen molar-refractivity contribution in [3.63, 3.8) is 0 Å². The maximum atomic E-state index is 13.2. The fourth-order valence-corrected chi connectivity index (χ4v) is 4.33. The molecule has 0 radical (unpaired) electrons. The second-order valence-corrected chi connectivity index (χ2v) is 10.6. The Hall–Kier alpha value is -1.63. The molecule has 0 aliphatic carbocycles. The first kappa shape index (κ1) is 22.7. The zero-order chi connectivity index (χ0) is 20.9. The summed E-state index contributed by atoms with van der Waals surface area (Å²) in [6.45, 7) is 2.18. The van der Waals surface area contributed by atoms with Gasteiger partial charge in [0, 0.05) is 51.9 Å². The van der Waals surface area contributed by atoms with Crippen molar-refractivity contribution in [1.82, 2.24) is 14.5 Å². The van der Waals surface area contributed by atoms with Crippen LogP contribution in [0.15, 0.2) is 23.1 Å². The Bertz CT molecular complexity index is 914. The summed E-state index contributed by atoms with van der Waals surface area (Å²) in [6, 6.07) is 2.24. The molecule has 8 nitrogen and oxygen atoms in total.